The van der Waals surface area contributed by atoms with Crippen molar-refractivity contribution >= 4 is 18.3 Å². The third kappa shape index (κ3) is 3.44. The number of nitrogens with one attached hydrogen (secondary N) is 1. The highest BCUT2D eigenvalue weighted by Crippen LogP contribution is 2.39. The van der Waals surface area contributed by atoms with Crippen molar-refractivity contribution in [2.45, 2.75) is 32.7 Å². The van der Waals surface area contributed by atoms with Gasteiger partial charge in [-0.05, 0) is 24.3 Å². The first-order chi connectivity index (χ1) is 7.59. The lowest BCUT2D eigenvalue weighted by Gasteiger charge is -2.38. The second kappa shape index (κ2) is 5.51. The lowest BCUT2D eigenvalue weighted by molar-refractivity contribution is -0.402. The highest BCUT2D eigenvalue weighted by molar-refractivity contribution is 5.85. The van der Waals surface area contributed by atoms with Gasteiger partial charge < -0.3 is 9.73 Å². The smallest absolute Gasteiger partial charge is 0.404 e. The second-order valence-corrected chi connectivity index (χ2v) is 4.76. The molecule has 0 radical (unpaired) electrons. The van der Waals surface area contributed by atoms with Crippen LogP contribution in [0.25, 0.3) is 0 Å². The zero-order chi connectivity index (χ0) is 11.6. The summed E-state index contributed by atoms with van der Waals surface area (Å²) in [6.45, 7) is 3.76. The fraction of sp³-hybridized carbons (Fsp3) is 0.636. The molecule has 1 fully saturated rings. The highest BCUT2D eigenvalue weighted by atomic mass is 35.5. The molecule has 0 aliphatic heterocycles. The Bertz CT molecular complexity index is 388. The normalized spacial score (nSPS) is 17.0. The summed E-state index contributed by atoms with van der Waals surface area (Å²) in [4.78, 5) is 9.88. The lowest BCUT2D eigenvalue weighted by atomic mass is 9.70. The number of nitro groups is 1. The molecule has 5 nitrogen and oxygen atoms in total. The van der Waals surface area contributed by atoms with E-state index in [1.807, 2.05) is 0 Å². The molecule has 1 N–H and O–H groups in total. The maximum absolute atomic E-state index is 10.4. The Morgan fingerprint density at radius 3 is 2.71 bits per heavy atom. The summed E-state index contributed by atoms with van der Waals surface area (Å²) in [5.41, 5.74) is 0.415. The average molecular weight is 261 g/mol. The molecule has 17 heavy (non-hydrogen) atoms. The molecule has 6 heteroatoms. The minimum absolute atomic E-state index is 0. The molecule has 2 rings (SSSR count). The van der Waals surface area contributed by atoms with E-state index in [-0.39, 0.29) is 18.3 Å². The van der Waals surface area contributed by atoms with Gasteiger partial charge in [0.25, 0.3) is 0 Å². The number of hydrogen-bond acceptors (Lipinski definition) is 4. The molecule has 0 aromatic carbocycles. The largest absolute Gasteiger partial charge is 0.433 e. The number of hydrogen-bond donors (Lipinski definition) is 1. The van der Waals surface area contributed by atoms with Crippen LogP contribution >= 0.6 is 12.4 Å². The molecule has 0 saturated heterocycles. The summed E-state index contributed by atoms with van der Waals surface area (Å²) in [6.07, 6.45) is 3.83. The fourth-order valence-electron chi connectivity index (χ4n) is 2.00. The van der Waals surface area contributed by atoms with Gasteiger partial charge in [0.1, 0.15) is 10.7 Å². The molecular formula is C11H17ClN2O3. The van der Waals surface area contributed by atoms with Crippen LogP contribution in [0.2, 0.25) is 0 Å². The van der Waals surface area contributed by atoms with Crippen LogP contribution in [0, 0.1) is 15.5 Å². The van der Waals surface area contributed by atoms with Crippen molar-refractivity contribution in [3.63, 3.8) is 0 Å². The van der Waals surface area contributed by atoms with Crippen molar-refractivity contribution in [1.82, 2.24) is 5.32 Å². The van der Waals surface area contributed by atoms with Crippen molar-refractivity contribution in [3.05, 3.63) is 28.0 Å². The van der Waals surface area contributed by atoms with Crippen LogP contribution in [0.15, 0.2) is 16.5 Å². The van der Waals surface area contributed by atoms with Gasteiger partial charge in [0.05, 0.1) is 12.6 Å². The minimum atomic E-state index is -0.517. The third-order valence-corrected chi connectivity index (χ3v) is 3.24. The Kier molecular flexibility index (Phi) is 4.54. The number of nitrogens with zero attached hydrogens (tertiary/aromatic N) is 1. The summed E-state index contributed by atoms with van der Waals surface area (Å²) in [7, 11) is 0. The van der Waals surface area contributed by atoms with Gasteiger partial charge in [-0.2, -0.15) is 0 Å². The number of rotatable bonds is 5. The molecule has 1 aromatic heterocycles. The Morgan fingerprint density at radius 2 is 2.24 bits per heavy atom. The van der Waals surface area contributed by atoms with E-state index in [9.17, 15) is 10.1 Å². The van der Waals surface area contributed by atoms with E-state index in [2.05, 4.69) is 12.2 Å². The first-order valence-corrected chi connectivity index (χ1v) is 5.53. The van der Waals surface area contributed by atoms with Gasteiger partial charge in [0.2, 0.25) is 0 Å². The predicted octanol–water partition coefficient (Wildman–Crippen LogP) is 2.89. The molecule has 0 spiro atoms. The van der Waals surface area contributed by atoms with Gasteiger partial charge in [-0.15, -0.1) is 12.4 Å². The molecule has 1 aliphatic carbocycles. The van der Waals surface area contributed by atoms with E-state index in [0.717, 1.165) is 6.54 Å². The van der Waals surface area contributed by atoms with Crippen LogP contribution in [-0.2, 0) is 6.54 Å². The fourth-order valence-corrected chi connectivity index (χ4v) is 2.00. The molecule has 1 saturated carbocycles. The highest BCUT2D eigenvalue weighted by Gasteiger charge is 2.31. The van der Waals surface area contributed by atoms with Crippen LogP contribution in [0.1, 0.15) is 31.9 Å². The van der Waals surface area contributed by atoms with E-state index in [0.29, 0.717) is 17.7 Å². The maximum Gasteiger partial charge on any atom is 0.433 e. The first-order valence-electron chi connectivity index (χ1n) is 5.53. The Labute approximate surface area is 106 Å². The number of furan rings is 1. The number of halogens is 1. The van der Waals surface area contributed by atoms with Gasteiger partial charge in [0, 0.05) is 6.54 Å². The van der Waals surface area contributed by atoms with Crippen molar-refractivity contribution in [3.8, 4) is 0 Å². The summed E-state index contributed by atoms with van der Waals surface area (Å²) in [6, 6.07) is 3.04. The molecule has 0 amide bonds. The first kappa shape index (κ1) is 14.0. The third-order valence-electron chi connectivity index (χ3n) is 3.24. The zero-order valence-corrected chi connectivity index (χ0v) is 10.6. The molecule has 1 heterocycles. The maximum atomic E-state index is 10.4. The summed E-state index contributed by atoms with van der Waals surface area (Å²) in [5, 5.41) is 13.7. The van der Waals surface area contributed by atoms with Gasteiger partial charge in [0.15, 0.2) is 0 Å². The quantitative estimate of drug-likeness (QED) is 0.653. The Balaban J connectivity index is 0.00000144. The topological polar surface area (TPSA) is 68.3 Å². The Hall–Kier alpha value is -1.07. The molecule has 0 atom stereocenters. The van der Waals surface area contributed by atoms with Crippen molar-refractivity contribution < 1.29 is 9.34 Å². The molecule has 0 bridgehead atoms. The second-order valence-electron chi connectivity index (χ2n) is 4.76. The summed E-state index contributed by atoms with van der Waals surface area (Å²) < 4.78 is 5.05. The van der Waals surface area contributed by atoms with Crippen LogP contribution < -0.4 is 5.32 Å². The molecule has 1 aromatic rings. The van der Waals surface area contributed by atoms with E-state index >= 15 is 0 Å². The zero-order valence-electron chi connectivity index (χ0n) is 9.77. The van der Waals surface area contributed by atoms with E-state index in [4.69, 9.17) is 4.42 Å². The SMILES string of the molecule is CC1(CNCc2ccc([N+](=O)[O-])o2)CCC1.Cl. The predicted molar refractivity (Wildman–Crippen MR) is 66.3 cm³/mol. The van der Waals surface area contributed by atoms with Gasteiger partial charge in [-0.3, -0.25) is 10.1 Å². The van der Waals surface area contributed by atoms with Crippen LogP contribution in [0.4, 0.5) is 5.88 Å². The van der Waals surface area contributed by atoms with E-state index in [1.54, 1.807) is 6.07 Å². The molecular weight excluding hydrogens is 244 g/mol. The van der Waals surface area contributed by atoms with Crippen molar-refractivity contribution in [1.29, 1.82) is 0 Å². The Morgan fingerprint density at radius 1 is 1.53 bits per heavy atom. The monoisotopic (exact) mass is 260 g/mol. The minimum Gasteiger partial charge on any atom is -0.404 e. The van der Waals surface area contributed by atoms with Gasteiger partial charge >= 0.3 is 5.88 Å². The average Bonchev–Trinajstić information content (AvgIpc) is 2.64. The van der Waals surface area contributed by atoms with Gasteiger partial charge in [-0.25, -0.2) is 0 Å². The van der Waals surface area contributed by atoms with Crippen molar-refractivity contribution in [2.24, 2.45) is 5.41 Å². The lowest BCUT2D eigenvalue weighted by Crippen LogP contribution is -2.36. The van der Waals surface area contributed by atoms with Gasteiger partial charge in [-0.1, -0.05) is 13.3 Å². The molecule has 96 valence electrons. The summed E-state index contributed by atoms with van der Waals surface area (Å²) >= 11 is 0. The van der Waals surface area contributed by atoms with Crippen molar-refractivity contribution in [2.75, 3.05) is 6.54 Å². The van der Waals surface area contributed by atoms with Crippen LogP contribution in [-0.4, -0.2) is 11.5 Å². The molecule has 1 aliphatic rings. The van der Waals surface area contributed by atoms with E-state index < -0.39 is 4.92 Å². The standard InChI is InChI=1S/C11H16N2O3.ClH/c1-11(5-2-6-11)8-12-7-9-3-4-10(16-9)13(14)15;/h3-4,12H,2,5-8H2,1H3;1H. The molecule has 0 unspecified atom stereocenters. The van der Waals surface area contributed by atoms with E-state index in [1.165, 1.54) is 25.3 Å². The van der Waals surface area contributed by atoms with Crippen LogP contribution in [0.3, 0.4) is 0 Å². The summed E-state index contributed by atoms with van der Waals surface area (Å²) in [5.74, 6) is 0.432. The van der Waals surface area contributed by atoms with Crippen LogP contribution in [0.5, 0.6) is 0 Å².